The molecule has 0 spiro atoms. The summed E-state index contributed by atoms with van der Waals surface area (Å²) in [5, 5.41) is 6.62. The van der Waals surface area contributed by atoms with Gasteiger partial charge in [-0.3, -0.25) is 5.10 Å². The molecule has 5 N–H and O–H groups in total. The van der Waals surface area contributed by atoms with E-state index in [1.165, 1.54) is 0 Å². The summed E-state index contributed by atoms with van der Waals surface area (Å²) in [5.74, 6) is -0.510. The van der Waals surface area contributed by atoms with E-state index in [0.717, 1.165) is 5.56 Å². The van der Waals surface area contributed by atoms with Gasteiger partial charge in [0.25, 0.3) is 0 Å². The molecule has 0 radical (unpaired) electrons. The largest absolute Gasteiger partial charge is 0.461 e. The number of rotatable bonds is 3. The summed E-state index contributed by atoms with van der Waals surface area (Å²) >= 11 is 0. The fraction of sp³-hybridized carbons (Fsp3) is 0.167. The van der Waals surface area contributed by atoms with Gasteiger partial charge in [-0.05, 0) is 19.1 Å². The highest BCUT2D eigenvalue weighted by Crippen LogP contribution is 2.26. The second-order valence-corrected chi connectivity index (χ2v) is 3.70. The van der Waals surface area contributed by atoms with Crippen LogP contribution in [-0.2, 0) is 4.74 Å². The van der Waals surface area contributed by atoms with Gasteiger partial charge >= 0.3 is 5.97 Å². The topological polar surface area (TPSA) is 107 Å². The Hall–Kier alpha value is -2.50. The summed E-state index contributed by atoms with van der Waals surface area (Å²) in [6.07, 6.45) is 0. The number of nitrogens with two attached hydrogens (primary N) is 2. The van der Waals surface area contributed by atoms with Crippen LogP contribution in [0.2, 0.25) is 0 Å². The Balaban J connectivity index is 2.36. The van der Waals surface area contributed by atoms with Gasteiger partial charge in [0, 0.05) is 11.3 Å². The van der Waals surface area contributed by atoms with Crippen LogP contribution in [0.1, 0.15) is 17.4 Å². The van der Waals surface area contributed by atoms with E-state index in [9.17, 15) is 4.79 Å². The summed E-state index contributed by atoms with van der Waals surface area (Å²) in [5.41, 5.74) is 13.9. The number of esters is 1. The Morgan fingerprint density at radius 1 is 1.33 bits per heavy atom. The molecule has 6 nitrogen and oxygen atoms in total. The second kappa shape index (κ2) is 4.79. The molecule has 0 bridgehead atoms. The molecule has 1 aromatic heterocycles. The monoisotopic (exact) mass is 246 g/mol. The molecule has 0 atom stereocenters. The first-order valence-electron chi connectivity index (χ1n) is 5.50. The maximum atomic E-state index is 11.6. The van der Waals surface area contributed by atoms with Gasteiger partial charge in [-0.15, -0.1) is 0 Å². The third kappa shape index (κ3) is 2.13. The van der Waals surface area contributed by atoms with Crippen LogP contribution in [0.4, 0.5) is 11.4 Å². The van der Waals surface area contributed by atoms with Crippen molar-refractivity contribution < 1.29 is 9.53 Å². The first-order chi connectivity index (χ1) is 8.63. The number of benzene rings is 1. The Bertz CT molecular complexity index is 560. The third-order valence-corrected chi connectivity index (χ3v) is 2.47. The van der Waals surface area contributed by atoms with Crippen LogP contribution in [0.25, 0.3) is 11.3 Å². The predicted molar refractivity (Wildman–Crippen MR) is 68.8 cm³/mol. The average molecular weight is 246 g/mol. The number of ether oxygens (including phenoxy) is 1. The molecular formula is C12H14N4O2. The van der Waals surface area contributed by atoms with E-state index in [1.807, 2.05) is 0 Å². The zero-order valence-corrected chi connectivity index (χ0v) is 9.93. The molecule has 1 aromatic carbocycles. The van der Waals surface area contributed by atoms with E-state index in [2.05, 4.69) is 10.2 Å². The van der Waals surface area contributed by atoms with Gasteiger partial charge in [0.15, 0.2) is 5.69 Å². The van der Waals surface area contributed by atoms with Crippen LogP contribution in [0.3, 0.4) is 0 Å². The van der Waals surface area contributed by atoms with Gasteiger partial charge in [-0.1, -0.05) is 12.1 Å². The van der Waals surface area contributed by atoms with Crippen LogP contribution < -0.4 is 11.5 Å². The van der Waals surface area contributed by atoms with Crippen molar-refractivity contribution in [3.05, 3.63) is 30.0 Å². The van der Waals surface area contributed by atoms with Crippen molar-refractivity contribution in [3.63, 3.8) is 0 Å². The Labute approximate surface area is 104 Å². The highest BCUT2D eigenvalue weighted by molar-refractivity contribution is 5.96. The highest BCUT2D eigenvalue weighted by atomic mass is 16.5. The maximum absolute atomic E-state index is 11.6. The van der Waals surface area contributed by atoms with Crippen molar-refractivity contribution in [2.45, 2.75) is 6.92 Å². The molecule has 6 heteroatoms. The quantitative estimate of drug-likeness (QED) is 0.560. The minimum Gasteiger partial charge on any atom is -0.461 e. The first-order valence-corrected chi connectivity index (χ1v) is 5.50. The van der Waals surface area contributed by atoms with Crippen LogP contribution >= 0.6 is 0 Å². The smallest absolute Gasteiger partial charge is 0.358 e. The number of H-pyrrole nitrogens is 1. The molecule has 0 unspecified atom stereocenters. The Morgan fingerprint density at radius 3 is 2.61 bits per heavy atom. The molecule has 0 aliphatic carbocycles. The number of carbonyl (C=O) groups excluding carboxylic acids is 1. The fourth-order valence-electron chi connectivity index (χ4n) is 1.57. The molecule has 0 aliphatic rings. The normalized spacial score (nSPS) is 10.3. The standard InChI is InChI=1S/C12H14N4O2/c1-2-18-12(17)11-9(14)10(15-16-11)7-3-5-8(13)6-4-7/h3-6H,2,13-14H2,1H3,(H,15,16). The SMILES string of the molecule is CCOC(=O)c1[nH]nc(-c2ccc(N)cc2)c1N. The van der Waals surface area contributed by atoms with E-state index < -0.39 is 5.97 Å². The number of aromatic amines is 1. The number of aromatic nitrogens is 2. The lowest BCUT2D eigenvalue weighted by Crippen LogP contribution is -2.07. The minimum absolute atomic E-state index is 0.170. The summed E-state index contributed by atoms with van der Waals surface area (Å²) < 4.78 is 4.87. The number of nitrogens with one attached hydrogen (secondary N) is 1. The first kappa shape index (κ1) is 12.0. The lowest BCUT2D eigenvalue weighted by molar-refractivity contribution is 0.0520. The summed E-state index contributed by atoms with van der Waals surface area (Å²) in [7, 11) is 0. The predicted octanol–water partition coefficient (Wildman–Crippen LogP) is 1.42. The number of hydrogen-bond acceptors (Lipinski definition) is 5. The van der Waals surface area contributed by atoms with Gasteiger partial charge < -0.3 is 16.2 Å². The molecule has 0 aliphatic heterocycles. The molecule has 94 valence electrons. The zero-order valence-electron chi connectivity index (χ0n) is 9.93. The van der Waals surface area contributed by atoms with Crippen LogP contribution in [-0.4, -0.2) is 22.8 Å². The van der Waals surface area contributed by atoms with E-state index in [4.69, 9.17) is 16.2 Å². The molecule has 0 fully saturated rings. The van der Waals surface area contributed by atoms with Crippen LogP contribution in [0.5, 0.6) is 0 Å². The molecule has 0 saturated heterocycles. The van der Waals surface area contributed by atoms with Crippen molar-refractivity contribution in [2.75, 3.05) is 18.1 Å². The third-order valence-electron chi connectivity index (χ3n) is 2.47. The number of nitrogens with zero attached hydrogens (tertiary/aromatic N) is 1. The second-order valence-electron chi connectivity index (χ2n) is 3.70. The molecule has 0 saturated carbocycles. The number of hydrogen-bond donors (Lipinski definition) is 3. The Kier molecular flexibility index (Phi) is 3.18. The van der Waals surface area contributed by atoms with Crippen molar-refractivity contribution in [1.29, 1.82) is 0 Å². The van der Waals surface area contributed by atoms with E-state index in [1.54, 1.807) is 31.2 Å². The van der Waals surface area contributed by atoms with Gasteiger partial charge in [0.2, 0.25) is 0 Å². The van der Waals surface area contributed by atoms with Gasteiger partial charge in [0.05, 0.1) is 12.3 Å². The van der Waals surface area contributed by atoms with Crippen molar-refractivity contribution in [3.8, 4) is 11.3 Å². The minimum atomic E-state index is -0.510. The van der Waals surface area contributed by atoms with Crippen LogP contribution in [0, 0.1) is 0 Å². The van der Waals surface area contributed by atoms with Gasteiger partial charge in [0.1, 0.15) is 5.69 Å². The van der Waals surface area contributed by atoms with E-state index >= 15 is 0 Å². The van der Waals surface area contributed by atoms with E-state index in [-0.39, 0.29) is 18.0 Å². The lowest BCUT2D eigenvalue weighted by Gasteiger charge is -2.01. The number of carbonyl (C=O) groups is 1. The lowest BCUT2D eigenvalue weighted by atomic mass is 10.1. The van der Waals surface area contributed by atoms with Crippen molar-refractivity contribution >= 4 is 17.3 Å². The molecule has 2 aromatic rings. The maximum Gasteiger partial charge on any atom is 0.358 e. The highest BCUT2D eigenvalue weighted by Gasteiger charge is 2.18. The van der Waals surface area contributed by atoms with Crippen molar-refractivity contribution in [2.24, 2.45) is 0 Å². The molecule has 0 amide bonds. The van der Waals surface area contributed by atoms with Gasteiger partial charge in [-0.2, -0.15) is 5.10 Å². The van der Waals surface area contributed by atoms with Gasteiger partial charge in [-0.25, -0.2) is 4.79 Å². The fourth-order valence-corrected chi connectivity index (χ4v) is 1.57. The van der Waals surface area contributed by atoms with Crippen molar-refractivity contribution in [1.82, 2.24) is 10.2 Å². The summed E-state index contributed by atoms with van der Waals surface area (Å²) in [6.45, 7) is 2.01. The molecular weight excluding hydrogens is 232 g/mol. The molecule has 1 heterocycles. The molecule has 18 heavy (non-hydrogen) atoms. The molecule has 2 rings (SSSR count). The average Bonchev–Trinajstić information content (AvgIpc) is 2.73. The summed E-state index contributed by atoms with van der Waals surface area (Å²) in [4.78, 5) is 11.6. The Morgan fingerprint density at radius 2 is 2.00 bits per heavy atom. The zero-order chi connectivity index (χ0) is 13.1. The van der Waals surface area contributed by atoms with Crippen LogP contribution in [0.15, 0.2) is 24.3 Å². The summed E-state index contributed by atoms with van der Waals surface area (Å²) in [6, 6.07) is 7.06. The number of nitrogen functional groups attached to an aromatic ring is 2. The number of anilines is 2. The van der Waals surface area contributed by atoms with E-state index in [0.29, 0.717) is 11.4 Å².